The zero-order chi connectivity index (χ0) is 18.4. The molecule has 2 fully saturated rings. The van der Waals surface area contributed by atoms with E-state index in [2.05, 4.69) is 5.32 Å². The van der Waals surface area contributed by atoms with Crippen molar-refractivity contribution in [2.75, 3.05) is 6.54 Å². The second kappa shape index (κ2) is 9.10. The van der Waals surface area contributed by atoms with Crippen LogP contribution in [0.5, 0.6) is 0 Å². The Labute approximate surface area is 155 Å². The van der Waals surface area contributed by atoms with Gasteiger partial charge < -0.3 is 10.4 Å². The minimum absolute atomic E-state index is 0.0594. The fraction of sp³-hybridized carbons (Fsp3) is 0.524. The highest BCUT2D eigenvalue weighted by atomic mass is 16.3. The Morgan fingerprint density at radius 2 is 1.81 bits per heavy atom. The number of nitrogens with zero attached hydrogens (tertiary/aromatic N) is 1. The van der Waals surface area contributed by atoms with Crippen molar-refractivity contribution in [3.63, 3.8) is 0 Å². The number of rotatable bonds is 6. The molecule has 5 heteroatoms. The van der Waals surface area contributed by atoms with Gasteiger partial charge in [0, 0.05) is 12.6 Å². The van der Waals surface area contributed by atoms with Gasteiger partial charge in [0.2, 0.25) is 0 Å². The molecule has 2 unspecified atom stereocenters. The van der Waals surface area contributed by atoms with Crippen LogP contribution in [0.4, 0.5) is 0 Å². The molecule has 0 radical (unpaired) electrons. The average Bonchev–Trinajstić information content (AvgIpc) is 3.17. The number of aliphatic hydroxyl groups is 1. The Balaban J connectivity index is 1.58. The molecular formula is C21H28N2O3. The monoisotopic (exact) mass is 356 g/mol. The van der Waals surface area contributed by atoms with Gasteiger partial charge in [-0.1, -0.05) is 55.7 Å². The molecule has 2 N–H and O–H groups in total. The average molecular weight is 356 g/mol. The zero-order valence-corrected chi connectivity index (χ0v) is 15.1. The van der Waals surface area contributed by atoms with Crippen LogP contribution in [-0.2, 0) is 9.59 Å². The lowest BCUT2D eigenvalue weighted by atomic mass is 9.95. The SMILES string of the molecule is O=C(NC1CCCCC1)C(O)N1CCCC1C(=O)/C=C/c1ccccc1. The fourth-order valence-corrected chi connectivity index (χ4v) is 3.91. The topological polar surface area (TPSA) is 69.6 Å². The predicted molar refractivity (Wildman–Crippen MR) is 101 cm³/mol. The summed E-state index contributed by atoms with van der Waals surface area (Å²) in [6.45, 7) is 0.564. The number of nitrogens with one attached hydrogen (secondary N) is 1. The smallest absolute Gasteiger partial charge is 0.264 e. The van der Waals surface area contributed by atoms with E-state index < -0.39 is 12.3 Å². The molecule has 1 aliphatic heterocycles. The molecule has 0 bridgehead atoms. The van der Waals surface area contributed by atoms with Crippen LogP contribution in [0.2, 0.25) is 0 Å². The summed E-state index contributed by atoms with van der Waals surface area (Å²) in [5.74, 6) is -0.431. The Hall–Kier alpha value is -1.98. The normalized spacial score (nSPS) is 23.2. The molecule has 1 aromatic carbocycles. The van der Waals surface area contributed by atoms with Crippen LogP contribution in [0, 0.1) is 0 Å². The summed E-state index contributed by atoms with van der Waals surface area (Å²) in [4.78, 5) is 26.6. The maximum absolute atomic E-state index is 12.6. The third-order valence-electron chi connectivity index (χ3n) is 5.36. The molecule has 2 atom stereocenters. The fourth-order valence-electron chi connectivity index (χ4n) is 3.91. The van der Waals surface area contributed by atoms with E-state index in [1.807, 2.05) is 30.3 Å². The Morgan fingerprint density at radius 3 is 2.54 bits per heavy atom. The number of benzene rings is 1. The first-order valence-corrected chi connectivity index (χ1v) is 9.66. The lowest BCUT2D eigenvalue weighted by Crippen LogP contribution is -2.52. The van der Waals surface area contributed by atoms with Gasteiger partial charge in [-0.2, -0.15) is 0 Å². The highest BCUT2D eigenvalue weighted by Crippen LogP contribution is 2.22. The standard InChI is InChI=1S/C21H28N2O3/c24-19(14-13-16-8-3-1-4-9-16)18-12-7-15-23(18)21(26)20(25)22-17-10-5-2-6-11-17/h1,3-4,8-9,13-14,17-18,21,26H,2,5-7,10-12,15H2,(H,22,25)/b14-13+. The second-order valence-corrected chi connectivity index (χ2v) is 7.26. The van der Waals surface area contributed by atoms with Gasteiger partial charge in [-0.05, 0) is 37.3 Å². The van der Waals surface area contributed by atoms with E-state index in [0.717, 1.165) is 37.7 Å². The van der Waals surface area contributed by atoms with Crippen LogP contribution in [0.1, 0.15) is 50.5 Å². The molecule has 1 aliphatic carbocycles. The van der Waals surface area contributed by atoms with Crippen LogP contribution < -0.4 is 5.32 Å². The van der Waals surface area contributed by atoms with E-state index in [0.29, 0.717) is 13.0 Å². The molecule has 3 rings (SSSR count). The first-order valence-electron chi connectivity index (χ1n) is 9.66. The van der Waals surface area contributed by atoms with Crippen LogP contribution in [0.15, 0.2) is 36.4 Å². The summed E-state index contributed by atoms with van der Waals surface area (Å²) in [5, 5.41) is 13.4. The van der Waals surface area contributed by atoms with Crippen LogP contribution in [-0.4, -0.2) is 46.6 Å². The van der Waals surface area contributed by atoms with E-state index in [1.54, 1.807) is 17.1 Å². The molecule has 26 heavy (non-hydrogen) atoms. The zero-order valence-electron chi connectivity index (χ0n) is 15.1. The van der Waals surface area contributed by atoms with E-state index >= 15 is 0 Å². The van der Waals surface area contributed by atoms with Crippen molar-refractivity contribution in [1.82, 2.24) is 10.2 Å². The molecule has 5 nitrogen and oxygen atoms in total. The largest absolute Gasteiger partial charge is 0.370 e. The number of hydrogen-bond acceptors (Lipinski definition) is 4. The second-order valence-electron chi connectivity index (χ2n) is 7.26. The van der Waals surface area contributed by atoms with Crippen molar-refractivity contribution < 1.29 is 14.7 Å². The number of aliphatic hydroxyl groups excluding tert-OH is 1. The van der Waals surface area contributed by atoms with Crippen molar-refractivity contribution in [3.8, 4) is 0 Å². The van der Waals surface area contributed by atoms with Gasteiger partial charge in [0.05, 0.1) is 6.04 Å². The van der Waals surface area contributed by atoms with Crippen molar-refractivity contribution in [2.45, 2.75) is 63.3 Å². The Kier molecular flexibility index (Phi) is 6.58. The molecule has 1 saturated heterocycles. The maximum Gasteiger partial charge on any atom is 0.264 e. The summed E-state index contributed by atoms with van der Waals surface area (Å²) in [6.07, 6.45) is 8.98. The first-order chi connectivity index (χ1) is 12.6. The van der Waals surface area contributed by atoms with Gasteiger partial charge in [0.25, 0.3) is 5.91 Å². The van der Waals surface area contributed by atoms with E-state index in [4.69, 9.17) is 0 Å². The molecule has 140 valence electrons. The van der Waals surface area contributed by atoms with E-state index in [9.17, 15) is 14.7 Å². The van der Waals surface area contributed by atoms with Crippen molar-refractivity contribution in [1.29, 1.82) is 0 Å². The lowest BCUT2D eigenvalue weighted by molar-refractivity contribution is -0.143. The van der Waals surface area contributed by atoms with Crippen LogP contribution in [0.25, 0.3) is 6.08 Å². The highest BCUT2D eigenvalue weighted by Gasteiger charge is 2.37. The maximum atomic E-state index is 12.6. The van der Waals surface area contributed by atoms with Gasteiger partial charge in [0.15, 0.2) is 12.0 Å². The molecular weight excluding hydrogens is 328 g/mol. The molecule has 0 spiro atoms. The Bertz CT molecular complexity index is 638. The van der Waals surface area contributed by atoms with Gasteiger partial charge >= 0.3 is 0 Å². The number of carbonyl (C=O) groups is 2. The first kappa shape index (κ1) is 18.8. The summed E-state index contributed by atoms with van der Waals surface area (Å²) in [5.41, 5.74) is 0.959. The number of hydrogen-bond donors (Lipinski definition) is 2. The van der Waals surface area contributed by atoms with Crippen LogP contribution in [0.3, 0.4) is 0 Å². The van der Waals surface area contributed by atoms with Crippen molar-refractivity contribution in [2.24, 2.45) is 0 Å². The molecule has 2 aliphatic rings. The minimum atomic E-state index is -1.25. The van der Waals surface area contributed by atoms with Crippen LogP contribution >= 0.6 is 0 Å². The molecule has 1 heterocycles. The summed E-state index contributed by atoms with van der Waals surface area (Å²) >= 11 is 0. The molecule has 1 saturated carbocycles. The number of ketones is 1. The van der Waals surface area contributed by atoms with Crippen molar-refractivity contribution in [3.05, 3.63) is 42.0 Å². The number of amides is 1. The van der Waals surface area contributed by atoms with Gasteiger partial charge in [-0.3, -0.25) is 14.5 Å². The minimum Gasteiger partial charge on any atom is -0.370 e. The third kappa shape index (κ3) is 4.80. The van der Waals surface area contributed by atoms with Gasteiger partial charge in [0.1, 0.15) is 0 Å². The number of likely N-dealkylation sites (tertiary alicyclic amines) is 1. The predicted octanol–water partition coefficient (Wildman–Crippen LogP) is 2.50. The van der Waals surface area contributed by atoms with Gasteiger partial charge in [-0.25, -0.2) is 0 Å². The summed E-state index contributed by atoms with van der Waals surface area (Å²) in [6, 6.07) is 9.36. The van der Waals surface area contributed by atoms with Crippen molar-refractivity contribution >= 4 is 17.8 Å². The highest BCUT2D eigenvalue weighted by molar-refractivity contribution is 5.98. The molecule has 0 aromatic heterocycles. The van der Waals surface area contributed by atoms with E-state index in [-0.39, 0.29) is 17.7 Å². The molecule has 1 amide bonds. The van der Waals surface area contributed by atoms with Gasteiger partial charge in [-0.15, -0.1) is 0 Å². The Morgan fingerprint density at radius 1 is 1.08 bits per heavy atom. The quantitative estimate of drug-likeness (QED) is 0.769. The third-order valence-corrected chi connectivity index (χ3v) is 5.36. The summed E-state index contributed by atoms with van der Waals surface area (Å²) in [7, 11) is 0. The molecule has 1 aromatic rings. The number of carbonyl (C=O) groups excluding carboxylic acids is 2. The summed E-state index contributed by atoms with van der Waals surface area (Å²) < 4.78 is 0. The lowest BCUT2D eigenvalue weighted by Gasteiger charge is -2.29. The van der Waals surface area contributed by atoms with E-state index in [1.165, 1.54) is 6.42 Å².